The molecule has 1 aliphatic rings. The van der Waals surface area contributed by atoms with Gasteiger partial charge >= 0.3 is 0 Å². The standard InChI is InChI=1S/C17H20N6/c1-2-23-9-8-12-13(10-23)16(19-11-6-4-3-5-7-11)20-17-14(12)15(18)21-22-17/h3-7H,2,8-10H2,1H3,(H4,18,19,20,21,22)/p+1. The number of aromatic amines is 1. The summed E-state index contributed by atoms with van der Waals surface area (Å²) in [5.74, 6) is 1.52. The number of aromatic nitrogens is 3. The first-order valence-corrected chi connectivity index (χ1v) is 8.07. The molecule has 0 bridgehead atoms. The van der Waals surface area contributed by atoms with E-state index in [4.69, 9.17) is 10.7 Å². The van der Waals surface area contributed by atoms with Gasteiger partial charge in [0, 0.05) is 12.1 Å². The van der Waals surface area contributed by atoms with Gasteiger partial charge in [-0.25, -0.2) is 4.98 Å². The molecule has 23 heavy (non-hydrogen) atoms. The third-order valence-corrected chi connectivity index (χ3v) is 4.64. The van der Waals surface area contributed by atoms with Crippen molar-refractivity contribution in [2.75, 3.05) is 24.1 Å². The number of para-hydroxylation sites is 1. The monoisotopic (exact) mass is 309 g/mol. The van der Waals surface area contributed by atoms with Gasteiger partial charge in [-0.1, -0.05) is 18.2 Å². The molecule has 0 spiro atoms. The van der Waals surface area contributed by atoms with Crippen molar-refractivity contribution in [1.29, 1.82) is 0 Å². The first-order chi connectivity index (χ1) is 11.3. The summed E-state index contributed by atoms with van der Waals surface area (Å²) in [6, 6.07) is 10.1. The quantitative estimate of drug-likeness (QED) is 0.587. The molecule has 0 fully saturated rings. The highest BCUT2D eigenvalue weighted by Crippen LogP contribution is 2.31. The normalized spacial score (nSPS) is 17.2. The van der Waals surface area contributed by atoms with Crippen LogP contribution in [-0.2, 0) is 13.0 Å². The first-order valence-electron chi connectivity index (χ1n) is 8.07. The van der Waals surface area contributed by atoms with E-state index in [-0.39, 0.29) is 0 Å². The molecule has 0 amide bonds. The lowest BCUT2D eigenvalue weighted by molar-refractivity contribution is -0.914. The van der Waals surface area contributed by atoms with Crippen molar-refractivity contribution in [3.63, 3.8) is 0 Å². The molecule has 2 aromatic heterocycles. The number of fused-ring (bicyclic) bond motifs is 3. The predicted octanol–water partition coefficient (Wildman–Crippen LogP) is 1.24. The van der Waals surface area contributed by atoms with Crippen LogP contribution < -0.4 is 16.0 Å². The van der Waals surface area contributed by atoms with Gasteiger partial charge in [-0.3, -0.25) is 5.10 Å². The van der Waals surface area contributed by atoms with Crippen LogP contribution in [0.3, 0.4) is 0 Å². The minimum atomic E-state index is 0.620. The number of nitrogens with two attached hydrogens (primary N) is 1. The molecular formula is C17H21N6+. The lowest BCUT2D eigenvalue weighted by Gasteiger charge is -2.27. The summed E-state index contributed by atoms with van der Waals surface area (Å²) in [7, 11) is 0. The van der Waals surface area contributed by atoms with Gasteiger partial charge in [0.2, 0.25) is 0 Å². The Balaban J connectivity index is 1.86. The third-order valence-electron chi connectivity index (χ3n) is 4.64. The van der Waals surface area contributed by atoms with Crippen molar-refractivity contribution in [2.24, 2.45) is 0 Å². The van der Waals surface area contributed by atoms with Gasteiger partial charge in [0.25, 0.3) is 0 Å². The van der Waals surface area contributed by atoms with E-state index >= 15 is 0 Å². The molecule has 0 saturated heterocycles. The number of benzene rings is 1. The molecular weight excluding hydrogens is 288 g/mol. The van der Waals surface area contributed by atoms with Crippen LogP contribution in [0.4, 0.5) is 17.3 Å². The van der Waals surface area contributed by atoms with Crippen LogP contribution in [0.2, 0.25) is 0 Å². The van der Waals surface area contributed by atoms with Gasteiger partial charge in [-0.05, 0) is 24.6 Å². The molecule has 0 aliphatic carbocycles. The Hall–Kier alpha value is -2.60. The Morgan fingerprint density at radius 1 is 1.26 bits per heavy atom. The molecule has 6 heteroatoms. The second kappa shape index (κ2) is 5.55. The number of likely N-dealkylation sites (N-methyl/N-ethyl adjacent to an activating group) is 1. The summed E-state index contributed by atoms with van der Waals surface area (Å²) < 4.78 is 0. The van der Waals surface area contributed by atoms with Crippen LogP contribution >= 0.6 is 0 Å². The Bertz CT molecular complexity index is 839. The van der Waals surface area contributed by atoms with Gasteiger partial charge in [0.15, 0.2) is 5.65 Å². The number of nitrogens with one attached hydrogen (secondary N) is 3. The second-order valence-electron chi connectivity index (χ2n) is 6.02. The molecule has 1 aromatic carbocycles. The molecule has 1 atom stereocenters. The van der Waals surface area contributed by atoms with Crippen molar-refractivity contribution in [3.05, 3.63) is 41.5 Å². The molecule has 4 rings (SSSR count). The number of nitrogens with zero attached hydrogens (tertiary/aromatic N) is 2. The highest BCUT2D eigenvalue weighted by Gasteiger charge is 2.26. The van der Waals surface area contributed by atoms with E-state index in [0.29, 0.717) is 11.5 Å². The Morgan fingerprint density at radius 3 is 2.87 bits per heavy atom. The zero-order valence-electron chi connectivity index (χ0n) is 13.2. The van der Waals surface area contributed by atoms with E-state index < -0.39 is 0 Å². The molecule has 6 nitrogen and oxygen atoms in total. The predicted molar refractivity (Wildman–Crippen MR) is 91.8 cm³/mol. The zero-order valence-corrected chi connectivity index (χ0v) is 13.2. The van der Waals surface area contributed by atoms with Crippen LogP contribution in [-0.4, -0.2) is 28.3 Å². The first kappa shape index (κ1) is 14.0. The van der Waals surface area contributed by atoms with Crippen LogP contribution in [0.1, 0.15) is 18.1 Å². The molecule has 0 saturated carbocycles. The average molecular weight is 309 g/mol. The molecule has 5 N–H and O–H groups in total. The summed E-state index contributed by atoms with van der Waals surface area (Å²) in [5.41, 5.74) is 10.4. The summed E-state index contributed by atoms with van der Waals surface area (Å²) in [5, 5.41) is 11.6. The Labute approximate surface area is 134 Å². The molecule has 1 unspecified atom stereocenters. The topological polar surface area (TPSA) is 84.1 Å². The number of rotatable bonds is 3. The van der Waals surface area contributed by atoms with Gasteiger partial charge < -0.3 is 16.0 Å². The maximum absolute atomic E-state index is 6.08. The summed E-state index contributed by atoms with van der Waals surface area (Å²) >= 11 is 0. The van der Waals surface area contributed by atoms with Gasteiger partial charge in [0.05, 0.1) is 24.0 Å². The molecule has 0 radical (unpaired) electrons. The minimum absolute atomic E-state index is 0.620. The second-order valence-corrected chi connectivity index (χ2v) is 6.02. The van der Waals surface area contributed by atoms with E-state index in [2.05, 4.69) is 22.4 Å². The summed E-state index contributed by atoms with van der Waals surface area (Å²) in [6.07, 6.45) is 1.00. The third kappa shape index (κ3) is 2.41. The lowest BCUT2D eigenvalue weighted by Crippen LogP contribution is -3.11. The summed E-state index contributed by atoms with van der Waals surface area (Å²) in [6.45, 7) is 5.43. The van der Waals surface area contributed by atoms with Crippen LogP contribution in [0, 0.1) is 0 Å². The lowest BCUT2D eigenvalue weighted by atomic mass is 9.97. The molecule has 1 aliphatic heterocycles. The number of pyridine rings is 1. The van der Waals surface area contributed by atoms with Gasteiger partial charge in [-0.15, -0.1) is 0 Å². The van der Waals surface area contributed by atoms with E-state index in [1.54, 1.807) is 4.90 Å². The number of hydrogen-bond donors (Lipinski definition) is 4. The fraction of sp³-hybridized carbons (Fsp3) is 0.294. The fourth-order valence-corrected chi connectivity index (χ4v) is 3.36. The van der Waals surface area contributed by atoms with E-state index in [1.165, 1.54) is 11.1 Å². The maximum atomic E-state index is 6.08. The van der Waals surface area contributed by atoms with Crippen molar-refractivity contribution < 1.29 is 4.90 Å². The highest BCUT2D eigenvalue weighted by atomic mass is 15.2. The van der Waals surface area contributed by atoms with E-state index in [0.717, 1.165) is 42.9 Å². The van der Waals surface area contributed by atoms with Crippen molar-refractivity contribution in [1.82, 2.24) is 15.2 Å². The van der Waals surface area contributed by atoms with Crippen LogP contribution in [0.5, 0.6) is 0 Å². The number of quaternary nitrogens is 1. The fourth-order valence-electron chi connectivity index (χ4n) is 3.36. The maximum Gasteiger partial charge on any atom is 0.185 e. The zero-order chi connectivity index (χ0) is 15.8. The van der Waals surface area contributed by atoms with Gasteiger partial charge in [-0.2, -0.15) is 5.10 Å². The van der Waals surface area contributed by atoms with Crippen molar-refractivity contribution in [2.45, 2.75) is 19.9 Å². The minimum Gasteiger partial charge on any atom is -0.384 e. The molecule has 118 valence electrons. The van der Waals surface area contributed by atoms with Crippen LogP contribution in [0.25, 0.3) is 11.0 Å². The molecule has 3 aromatic rings. The molecule has 3 heterocycles. The van der Waals surface area contributed by atoms with Crippen LogP contribution in [0.15, 0.2) is 30.3 Å². The van der Waals surface area contributed by atoms with Crippen molar-refractivity contribution in [3.8, 4) is 0 Å². The Morgan fingerprint density at radius 2 is 2.09 bits per heavy atom. The van der Waals surface area contributed by atoms with E-state index in [1.807, 2.05) is 30.3 Å². The smallest absolute Gasteiger partial charge is 0.185 e. The van der Waals surface area contributed by atoms with Gasteiger partial charge in [0.1, 0.15) is 18.2 Å². The Kier molecular flexibility index (Phi) is 3.38. The highest BCUT2D eigenvalue weighted by molar-refractivity contribution is 5.92. The number of hydrogen-bond acceptors (Lipinski definition) is 4. The number of anilines is 3. The van der Waals surface area contributed by atoms with E-state index in [9.17, 15) is 0 Å². The SMILES string of the molecule is CC[NH+]1CCc2c(c(Nc3ccccc3)nc3n[nH]c(N)c23)C1. The summed E-state index contributed by atoms with van der Waals surface area (Å²) in [4.78, 5) is 6.29. The number of nitrogen functional groups attached to an aromatic ring is 1. The number of H-pyrrole nitrogens is 1. The average Bonchev–Trinajstić information content (AvgIpc) is 2.96. The largest absolute Gasteiger partial charge is 0.384 e. The van der Waals surface area contributed by atoms with Crippen molar-refractivity contribution >= 4 is 28.4 Å².